The summed E-state index contributed by atoms with van der Waals surface area (Å²) in [6, 6.07) is 0. The van der Waals surface area contributed by atoms with Crippen molar-refractivity contribution in [2.75, 3.05) is 0 Å². The molecular formula is C9H12O4-2. The second kappa shape index (κ2) is 6.22. The van der Waals surface area contributed by atoms with Crippen molar-refractivity contribution in [2.45, 2.75) is 32.6 Å². The van der Waals surface area contributed by atoms with Crippen molar-refractivity contribution >= 4 is 11.9 Å². The van der Waals surface area contributed by atoms with Crippen LogP contribution in [0.5, 0.6) is 0 Å². The van der Waals surface area contributed by atoms with Crippen LogP contribution in [0, 0.1) is 0 Å². The molecule has 0 bridgehead atoms. The van der Waals surface area contributed by atoms with Gasteiger partial charge in [0.2, 0.25) is 0 Å². The van der Waals surface area contributed by atoms with E-state index in [1.807, 2.05) is 6.92 Å². The van der Waals surface area contributed by atoms with Gasteiger partial charge in [-0.1, -0.05) is 19.8 Å². The fraction of sp³-hybridized carbons (Fsp3) is 0.556. The van der Waals surface area contributed by atoms with Gasteiger partial charge in [0.05, 0.1) is 11.9 Å². The quantitative estimate of drug-likeness (QED) is 0.391. The third kappa shape index (κ3) is 5.90. The van der Waals surface area contributed by atoms with Crippen LogP contribution in [0.2, 0.25) is 0 Å². The Morgan fingerprint density at radius 1 is 1.23 bits per heavy atom. The smallest absolute Gasteiger partial charge is 0.0675 e. The van der Waals surface area contributed by atoms with Crippen LogP contribution in [0.15, 0.2) is 11.6 Å². The minimum atomic E-state index is -1.49. The van der Waals surface area contributed by atoms with Crippen LogP contribution in [-0.4, -0.2) is 11.9 Å². The molecule has 0 aromatic heterocycles. The summed E-state index contributed by atoms with van der Waals surface area (Å²) in [4.78, 5) is 20.4. The minimum absolute atomic E-state index is 0.201. The molecule has 0 atom stereocenters. The Balaban J connectivity index is 4.11. The first-order valence-electron chi connectivity index (χ1n) is 4.20. The van der Waals surface area contributed by atoms with Crippen molar-refractivity contribution in [3.8, 4) is 0 Å². The number of hydrogen-bond acceptors (Lipinski definition) is 4. The summed E-state index contributed by atoms with van der Waals surface area (Å²) in [7, 11) is 0. The Hall–Kier alpha value is -1.32. The maximum Gasteiger partial charge on any atom is 0.0675 e. The van der Waals surface area contributed by atoms with Gasteiger partial charge in [-0.05, 0) is 24.5 Å². The lowest BCUT2D eigenvalue weighted by Crippen LogP contribution is -2.27. The lowest BCUT2D eigenvalue weighted by molar-refractivity contribution is -0.303. The Morgan fingerprint density at radius 2 is 1.85 bits per heavy atom. The van der Waals surface area contributed by atoms with Crippen molar-refractivity contribution in [1.82, 2.24) is 0 Å². The van der Waals surface area contributed by atoms with Gasteiger partial charge in [-0.3, -0.25) is 0 Å². The van der Waals surface area contributed by atoms with Crippen LogP contribution in [0.25, 0.3) is 0 Å². The molecule has 4 nitrogen and oxygen atoms in total. The van der Waals surface area contributed by atoms with E-state index in [-0.39, 0.29) is 12.0 Å². The average Bonchev–Trinajstić information content (AvgIpc) is 2.02. The number of carbonyl (C=O) groups excluding carboxylic acids is 2. The van der Waals surface area contributed by atoms with Gasteiger partial charge in [-0.15, -0.1) is 0 Å². The molecule has 0 aromatic carbocycles. The predicted molar refractivity (Wildman–Crippen MR) is 42.2 cm³/mol. The Morgan fingerprint density at radius 3 is 2.23 bits per heavy atom. The first-order chi connectivity index (χ1) is 6.07. The molecule has 0 aliphatic heterocycles. The van der Waals surface area contributed by atoms with Gasteiger partial charge in [-0.2, -0.15) is 0 Å². The average molecular weight is 184 g/mol. The zero-order valence-corrected chi connectivity index (χ0v) is 7.54. The molecule has 0 N–H and O–H groups in total. The van der Waals surface area contributed by atoms with Crippen molar-refractivity contribution < 1.29 is 19.8 Å². The topological polar surface area (TPSA) is 80.3 Å². The van der Waals surface area contributed by atoms with Gasteiger partial charge < -0.3 is 19.8 Å². The standard InChI is InChI=1S/C9H14O4/c1-2-3-4-5-7(9(12)13)6-8(10)11/h6H,2-5H2,1H3,(H,10,11)(H,12,13)/p-2/b7-6+. The van der Waals surface area contributed by atoms with E-state index in [2.05, 4.69) is 0 Å². The summed E-state index contributed by atoms with van der Waals surface area (Å²) >= 11 is 0. The van der Waals surface area contributed by atoms with Crippen LogP contribution >= 0.6 is 0 Å². The first kappa shape index (κ1) is 11.7. The van der Waals surface area contributed by atoms with Crippen molar-refractivity contribution in [3.63, 3.8) is 0 Å². The van der Waals surface area contributed by atoms with Crippen LogP contribution in [0.1, 0.15) is 32.6 Å². The lowest BCUT2D eigenvalue weighted by Gasteiger charge is -2.08. The van der Waals surface area contributed by atoms with Crippen LogP contribution in [0.4, 0.5) is 0 Å². The highest BCUT2D eigenvalue weighted by Gasteiger charge is 1.97. The van der Waals surface area contributed by atoms with E-state index < -0.39 is 11.9 Å². The van der Waals surface area contributed by atoms with E-state index in [0.717, 1.165) is 12.8 Å². The van der Waals surface area contributed by atoms with Crippen molar-refractivity contribution in [2.24, 2.45) is 0 Å². The molecule has 0 fully saturated rings. The monoisotopic (exact) mass is 184 g/mol. The number of carboxylic acid groups (broad SMARTS) is 2. The first-order valence-corrected chi connectivity index (χ1v) is 4.20. The van der Waals surface area contributed by atoms with Crippen molar-refractivity contribution in [1.29, 1.82) is 0 Å². The van der Waals surface area contributed by atoms with Gasteiger partial charge in [0.1, 0.15) is 0 Å². The second-order valence-electron chi connectivity index (χ2n) is 2.73. The molecule has 4 heteroatoms. The van der Waals surface area contributed by atoms with Crippen LogP contribution in [0.3, 0.4) is 0 Å². The van der Waals surface area contributed by atoms with Gasteiger partial charge in [0, 0.05) is 0 Å². The Labute approximate surface area is 76.9 Å². The molecule has 0 amide bonds. The molecular weight excluding hydrogens is 172 g/mol. The number of hydrogen-bond donors (Lipinski definition) is 0. The van der Waals surface area contributed by atoms with E-state index in [1.54, 1.807) is 0 Å². The Kier molecular flexibility index (Phi) is 5.59. The van der Waals surface area contributed by atoms with Gasteiger partial charge in [0.15, 0.2) is 0 Å². The molecule has 0 saturated carbocycles. The number of rotatable bonds is 6. The molecule has 0 aliphatic carbocycles. The summed E-state index contributed by atoms with van der Waals surface area (Å²) in [5, 5.41) is 20.4. The molecule has 74 valence electrons. The fourth-order valence-corrected chi connectivity index (χ4v) is 0.941. The summed E-state index contributed by atoms with van der Waals surface area (Å²) in [5.74, 6) is -2.92. The second-order valence-corrected chi connectivity index (χ2v) is 2.73. The van der Waals surface area contributed by atoms with Gasteiger partial charge >= 0.3 is 0 Å². The molecule has 0 saturated heterocycles. The van der Waals surface area contributed by atoms with E-state index >= 15 is 0 Å². The molecule has 0 aliphatic rings. The van der Waals surface area contributed by atoms with Crippen LogP contribution < -0.4 is 10.2 Å². The van der Waals surface area contributed by atoms with E-state index in [4.69, 9.17) is 0 Å². The summed E-state index contributed by atoms with van der Waals surface area (Å²) in [6.45, 7) is 1.97. The number of carboxylic acids is 2. The minimum Gasteiger partial charge on any atom is -0.545 e. The lowest BCUT2D eigenvalue weighted by atomic mass is 10.1. The third-order valence-corrected chi connectivity index (χ3v) is 1.60. The highest BCUT2D eigenvalue weighted by molar-refractivity contribution is 5.92. The molecule has 13 heavy (non-hydrogen) atoms. The molecule has 0 rings (SSSR count). The SMILES string of the molecule is CCCCC/C(=C\C(=O)[O-])C(=O)[O-]. The maximum absolute atomic E-state index is 10.4. The van der Waals surface area contributed by atoms with E-state index in [9.17, 15) is 19.8 Å². The zero-order valence-electron chi connectivity index (χ0n) is 7.54. The van der Waals surface area contributed by atoms with Gasteiger partial charge in [0.25, 0.3) is 0 Å². The van der Waals surface area contributed by atoms with E-state index in [1.165, 1.54) is 0 Å². The number of aliphatic carboxylic acids is 2. The summed E-state index contributed by atoms with van der Waals surface area (Å²) in [5.41, 5.74) is -0.201. The highest BCUT2D eigenvalue weighted by Crippen LogP contribution is 2.07. The van der Waals surface area contributed by atoms with Gasteiger partial charge in [-0.25, -0.2) is 0 Å². The number of carbonyl (C=O) groups is 2. The predicted octanol–water partition coefficient (Wildman–Crippen LogP) is -1.01. The largest absolute Gasteiger partial charge is 0.545 e. The third-order valence-electron chi connectivity index (χ3n) is 1.60. The number of unbranched alkanes of at least 4 members (excludes halogenated alkanes) is 2. The molecule has 0 heterocycles. The Bertz CT molecular complexity index is 218. The van der Waals surface area contributed by atoms with E-state index in [0.29, 0.717) is 12.5 Å². The summed E-state index contributed by atoms with van der Waals surface area (Å²) in [6.07, 6.45) is 3.29. The molecule has 0 spiro atoms. The summed E-state index contributed by atoms with van der Waals surface area (Å²) < 4.78 is 0. The maximum atomic E-state index is 10.4. The highest BCUT2D eigenvalue weighted by atomic mass is 16.4. The van der Waals surface area contributed by atoms with Crippen LogP contribution in [-0.2, 0) is 9.59 Å². The normalized spacial score (nSPS) is 11.3. The molecule has 0 radical (unpaired) electrons. The molecule has 0 unspecified atom stereocenters. The molecule has 0 aromatic rings. The zero-order chi connectivity index (χ0) is 10.3. The fourth-order valence-electron chi connectivity index (χ4n) is 0.941. The van der Waals surface area contributed by atoms with Crippen molar-refractivity contribution in [3.05, 3.63) is 11.6 Å².